The highest BCUT2D eigenvalue weighted by Crippen LogP contribution is 2.27. The van der Waals surface area contributed by atoms with Crippen molar-refractivity contribution in [1.29, 1.82) is 0 Å². The van der Waals surface area contributed by atoms with Crippen LogP contribution in [0.3, 0.4) is 0 Å². The molecule has 2 aromatic carbocycles. The molecular formula is C20H23ClN2O4S. The summed E-state index contributed by atoms with van der Waals surface area (Å²) in [5, 5.41) is 5.03. The molecule has 2 aromatic rings. The van der Waals surface area contributed by atoms with Gasteiger partial charge in [-0.25, -0.2) is 4.79 Å². The van der Waals surface area contributed by atoms with Gasteiger partial charge in [0.1, 0.15) is 12.4 Å². The minimum atomic E-state index is -0.816. The van der Waals surface area contributed by atoms with Crippen LogP contribution in [0.15, 0.2) is 48.5 Å². The number of methoxy groups -OCH3 is 1. The van der Waals surface area contributed by atoms with E-state index in [9.17, 15) is 9.59 Å². The van der Waals surface area contributed by atoms with Gasteiger partial charge in [-0.15, -0.1) is 11.8 Å². The Hall–Kier alpha value is -2.38. The molecule has 0 spiro atoms. The zero-order chi connectivity index (χ0) is 20.5. The van der Waals surface area contributed by atoms with Crippen LogP contribution in [0.2, 0.25) is 5.02 Å². The molecule has 2 N–H and O–H groups in total. The van der Waals surface area contributed by atoms with E-state index in [0.717, 1.165) is 5.56 Å². The Bertz CT molecular complexity index is 802. The maximum Gasteiger partial charge on any atom is 0.408 e. The first-order chi connectivity index (χ1) is 13.4. The molecule has 0 fully saturated rings. The Morgan fingerprint density at radius 3 is 2.46 bits per heavy atom. The molecule has 8 heteroatoms. The number of carbonyl (C=O) groups excluding carboxylic acids is 2. The predicted molar refractivity (Wildman–Crippen MR) is 113 cm³/mol. The topological polar surface area (TPSA) is 76.7 Å². The van der Waals surface area contributed by atoms with E-state index in [1.54, 1.807) is 18.2 Å². The minimum absolute atomic E-state index is 0.115. The molecule has 2 rings (SSSR count). The molecule has 1 unspecified atom stereocenters. The van der Waals surface area contributed by atoms with Gasteiger partial charge in [-0.05, 0) is 23.8 Å². The summed E-state index contributed by atoms with van der Waals surface area (Å²) in [5.74, 6) is 0.131. The first-order valence-corrected chi connectivity index (χ1v) is 9.98. The molecule has 150 valence electrons. The van der Waals surface area contributed by atoms with E-state index in [1.807, 2.05) is 44.2 Å². The van der Waals surface area contributed by atoms with Crippen molar-refractivity contribution in [2.75, 3.05) is 12.4 Å². The fourth-order valence-electron chi connectivity index (χ4n) is 2.26. The standard InChI is InChI=1S/C20H23ClN2O4S/c1-13(2)28-19(23-20(25)27-12-14-7-5-4-6-8-14)18(24)22-15-9-10-17(26-3)16(21)11-15/h4-11,13,19H,12H2,1-3H3,(H,22,24)(H,23,25). The monoisotopic (exact) mass is 422 g/mol. The maximum absolute atomic E-state index is 12.6. The number of benzene rings is 2. The number of nitrogens with one attached hydrogen (secondary N) is 2. The van der Waals surface area contributed by atoms with E-state index in [-0.39, 0.29) is 17.8 Å². The van der Waals surface area contributed by atoms with E-state index in [4.69, 9.17) is 21.1 Å². The van der Waals surface area contributed by atoms with E-state index in [2.05, 4.69) is 10.6 Å². The lowest BCUT2D eigenvalue weighted by molar-refractivity contribution is -0.116. The van der Waals surface area contributed by atoms with Crippen molar-refractivity contribution in [1.82, 2.24) is 5.32 Å². The lowest BCUT2D eigenvalue weighted by Crippen LogP contribution is -2.42. The first kappa shape index (κ1) is 21.9. The molecule has 28 heavy (non-hydrogen) atoms. The Morgan fingerprint density at radius 1 is 1.14 bits per heavy atom. The summed E-state index contributed by atoms with van der Waals surface area (Å²) in [7, 11) is 1.51. The molecule has 0 aliphatic rings. The van der Waals surface area contributed by atoms with Gasteiger partial charge in [0.05, 0.1) is 12.1 Å². The number of ether oxygens (including phenoxy) is 2. The fourth-order valence-corrected chi connectivity index (χ4v) is 3.41. The zero-order valence-corrected chi connectivity index (χ0v) is 17.5. The highest BCUT2D eigenvalue weighted by Gasteiger charge is 2.23. The number of hydrogen-bond donors (Lipinski definition) is 2. The van der Waals surface area contributed by atoms with Crippen LogP contribution >= 0.6 is 23.4 Å². The second-order valence-corrected chi connectivity index (χ2v) is 8.20. The van der Waals surface area contributed by atoms with Gasteiger partial charge in [0, 0.05) is 10.9 Å². The van der Waals surface area contributed by atoms with Crippen LogP contribution in [-0.2, 0) is 16.1 Å². The molecule has 0 saturated carbocycles. The van der Waals surface area contributed by atoms with Crippen molar-refractivity contribution in [3.63, 3.8) is 0 Å². The van der Waals surface area contributed by atoms with E-state index in [1.165, 1.54) is 18.9 Å². The molecule has 0 heterocycles. The number of amides is 2. The SMILES string of the molecule is COc1ccc(NC(=O)C(NC(=O)OCc2ccccc2)SC(C)C)cc1Cl. The van der Waals surface area contributed by atoms with Crippen molar-refractivity contribution >= 4 is 41.1 Å². The molecular weight excluding hydrogens is 400 g/mol. The van der Waals surface area contributed by atoms with Gasteiger partial charge in [-0.2, -0.15) is 0 Å². The highest BCUT2D eigenvalue weighted by atomic mass is 35.5. The van der Waals surface area contributed by atoms with Crippen LogP contribution in [0, 0.1) is 0 Å². The molecule has 0 bridgehead atoms. The van der Waals surface area contributed by atoms with Crippen molar-refractivity contribution in [2.24, 2.45) is 0 Å². The number of carbonyl (C=O) groups is 2. The Balaban J connectivity index is 1.98. The molecule has 0 aromatic heterocycles. The average Bonchev–Trinajstić information content (AvgIpc) is 2.66. The zero-order valence-electron chi connectivity index (χ0n) is 15.9. The summed E-state index contributed by atoms with van der Waals surface area (Å²) in [6.45, 7) is 4.00. The third-order valence-corrected chi connectivity index (χ3v) is 4.97. The summed E-state index contributed by atoms with van der Waals surface area (Å²) in [4.78, 5) is 24.8. The molecule has 0 saturated heterocycles. The smallest absolute Gasteiger partial charge is 0.408 e. The molecule has 0 aliphatic carbocycles. The summed E-state index contributed by atoms with van der Waals surface area (Å²) in [6.07, 6.45) is -0.662. The van der Waals surface area contributed by atoms with Gasteiger partial charge in [0.25, 0.3) is 5.91 Å². The third-order valence-electron chi connectivity index (χ3n) is 3.53. The fraction of sp³-hybridized carbons (Fsp3) is 0.300. The van der Waals surface area contributed by atoms with Gasteiger partial charge in [-0.1, -0.05) is 55.8 Å². The molecule has 0 aliphatic heterocycles. The second-order valence-electron chi connectivity index (χ2n) is 6.11. The van der Waals surface area contributed by atoms with Crippen LogP contribution in [0.25, 0.3) is 0 Å². The van der Waals surface area contributed by atoms with Gasteiger partial charge in [0.15, 0.2) is 5.37 Å². The van der Waals surface area contributed by atoms with Crippen molar-refractivity contribution in [3.8, 4) is 5.75 Å². The lowest BCUT2D eigenvalue weighted by atomic mass is 10.2. The number of hydrogen-bond acceptors (Lipinski definition) is 5. The largest absolute Gasteiger partial charge is 0.495 e. The second kappa shape index (κ2) is 10.8. The quantitative estimate of drug-likeness (QED) is 0.604. The van der Waals surface area contributed by atoms with Crippen LogP contribution in [0.4, 0.5) is 10.5 Å². The Morgan fingerprint density at radius 2 is 1.86 bits per heavy atom. The minimum Gasteiger partial charge on any atom is -0.495 e. The summed E-state index contributed by atoms with van der Waals surface area (Å²) in [5.41, 5.74) is 1.37. The van der Waals surface area contributed by atoms with Crippen molar-refractivity contribution < 1.29 is 19.1 Å². The summed E-state index contributed by atoms with van der Waals surface area (Å²) < 4.78 is 10.3. The van der Waals surface area contributed by atoms with Crippen LogP contribution in [-0.4, -0.2) is 29.7 Å². The lowest BCUT2D eigenvalue weighted by Gasteiger charge is -2.20. The predicted octanol–water partition coefficient (Wildman–Crippen LogP) is 4.68. The van der Waals surface area contributed by atoms with Gasteiger partial charge < -0.3 is 20.1 Å². The third kappa shape index (κ3) is 6.98. The molecule has 0 radical (unpaired) electrons. The normalized spacial score (nSPS) is 11.6. The van der Waals surface area contributed by atoms with Gasteiger partial charge in [0.2, 0.25) is 0 Å². The van der Waals surface area contributed by atoms with Crippen LogP contribution in [0.5, 0.6) is 5.75 Å². The number of rotatable bonds is 8. The number of anilines is 1. The summed E-state index contributed by atoms with van der Waals surface area (Å²) in [6, 6.07) is 14.2. The number of alkyl carbamates (subject to hydrolysis) is 1. The van der Waals surface area contributed by atoms with E-state index in [0.29, 0.717) is 16.5 Å². The van der Waals surface area contributed by atoms with E-state index >= 15 is 0 Å². The Kier molecular flexibility index (Phi) is 8.47. The summed E-state index contributed by atoms with van der Waals surface area (Å²) >= 11 is 7.40. The average molecular weight is 423 g/mol. The van der Waals surface area contributed by atoms with Crippen LogP contribution in [0.1, 0.15) is 19.4 Å². The van der Waals surface area contributed by atoms with Crippen molar-refractivity contribution in [2.45, 2.75) is 31.1 Å². The first-order valence-electron chi connectivity index (χ1n) is 8.66. The number of halogens is 1. The van der Waals surface area contributed by atoms with Gasteiger partial charge >= 0.3 is 6.09 Å². The highest BCUT2D eigenvalue weighted by molar-refractivity contribution is 8.01. The number of thioether (sulfide) groups is 1. The van der Waals surface area contributed by atoms with Crippen molar-refractivity contribution in [3.05, 3.63) is 59.1 Å². The Labute approximate surface area is 173 Å². The molecule has 6 nitrogen and oxygen atoms in total. The van der Waals surface area contributed by atoms with Crippen LogP contribution < -0.4 is 15.4 Å². The molecule has 1 atom stereocenters. The van der Waals surface area contributed by atoms with Gasteiger partial charge in [-0.3, -0.25) is 4.79 Å². The molecule has 2 amide bonds. The maximum atomic E-state index is 12.6. The van der Waals surface area contributed by atoms with E-state index < -0.39 is 11.5 Å².